The first-order chi connectivity index (χ1) is 7.40. The van der Waals surface area contributed by atoms with Crippen molar-refractivity contribution in [3.8, 4) is 11.9 Å². The van der Waals surface area contributed by atoms with Crippen molar-refractivity contribution in [1.82, 2.24) is 4.98 Å². The molecule has 1 aromatic heterocycles. The van der Waals surface area contributed by atoms with Crippen molar-refractivity contribution < 1.29 is 9.47 Å². The Balaban J connectivity index is 1.95. The molecule has 2 rings (SSSR count). The van der Waals surface area contributed by atoms with E-state index < -0.39 is 0 Å². The molecule has 78 valence electrons. The summed E-state index contributed by atoms with van der Waals surface area (Å²) in [7, 11) is 0. The van der Waals surface area contributed by atoms with Crippen LogP contribution in [0.3, 0.4) is 0 Å². The van der Waals surface area contributed by atoms with Gasteiger partial charge in [0.05, 0.1) is 6.10 Å². The molecule has 0 unspecified atom stereocenters. The minimum Gasteiger partial charge on any atom is -0.474 e. The van der Waals surface area contributed by atoms with Gasteiger partial charge in [-0.05, 0) is 25.0 Å². The van der Waals surface area contributed by atoms with E-state index >= 15 is 0 Å². The zero-order chi connectivity index (χ0) is 10.5. The molecule has 1 aromatic rings. The van der Waals surface area contributed by atoms with Gasteiger partial charge in [0.25, 0.3) is 0 Å². The van der Waals surface area contributed by atoms with Crippen LogP contribution < -0.4 is 4.74 Å². The molecule has 0 bridgehead atoms. The molecule has 0 aromatic carbocycles. The molecule has 0 aliphatic carbocycles. The normalized spacial score (nSPS) is 19.8. The monoisotopic (exact) mass is 204 g/mol. The van der Waals surface area contributed by atoms with Gasteiger partial charge in [0.1, 0.15) is 18.2 Å². The fourth-order valence-corrected chi connectivity index (χ4v) is 1.54. The number of pyridine rings is 1. The molecule has 0 spiro atoms. The highest BCUT2D eigenvalue weighted by Crippen LogP contribution is 2.16. The first kappa shape index (κ1) is 9.94. The average Bonchev–Trinajstić information content (AvgIpc) is 2.79. The van der Waals surface area contributed by atoms with Crippen LogP contribution in [0.15, 0.2) is 18.3 Å². The van der Waals surface area contributed by atoms with Gasteiger partial charge in [-0.1, -0.05) is 0 Å². The summed E-state index contributed by atoms with van der Waals surface area (Å²) in [4.78, 5) is 4.01. The van der Waals surface area contributed by atoms with Crippen LogP contribution in [-0.2, 0) is 4.74 Å². The molecule has 1 fully saturated rings. The lowest BCUT2D eigenvalue weighted by atomic mass is 10.2. The molecular formula is C11H12N2O2. The summed E-state index contributed by atoms with van der Waals surface area (Å²) in [5, 5.41) is 8.81. The highest BCUT2D eigenvalue weighted by Gasteiger charge is 2.16. The predicted octanol–water partition coefficient (Wildman–Crippen LogP) is 1.51. The highest BCUT2D eigenvalue weighted by molar-refractivity contribution is 5.36. The first-order valence-corrected chi connectivity index (χ1v) is 4.99. The minimum atomic E-state index is 0.151. The topological polar surface area (TPSA) is 55.1 Å². The number of aromatic nitrogens is 1. The molecule has 1 aliphatic rings. The van der Waals surface area contributed by atoms with E-state index in [0.717, 1.165) is 19.4 Å². The van der Waals surface area contributed by atoms with Crippen molar-refractivity contribution in [3.63, 3.8) is 0 Å². The minimum absolute atomic E-state index is 0.151. The van der Waals surface area contributed by atoms with Gasteiger partial charge in [-0.25, -0.2) is 4.98 Å². The highest BCUT2D eigenvalue weighted by atomic mass is 16.5. The lowest BCUT2D eigenvalue weighted by Crippen LogP contribution is -2.17. The smallest absolute Gasteiger partial charge is 0.231 e. The van der Waals surface area contributed by atoms with Crippen LogP contribution in [0.2, 0.25) is 0 Å². The maximum Gasteiger partial charge on any atom is 0.231 e. The Morgan fingerprint density at radius 2 is 2.60 bits per heavy atom. The Labute approximate surface area is 88.5 Å². The molecule has 0 N–H and O–H groups in total. The molecule has 0 amide bonds. The zero-order valence-electron chi connectivity index (χ0n) is 8.35. The van der Waals surface area contributed by atoms with Gasteiger partial charge >= 0.3 is 0 Å². The van der Waals surface area contributed by atoms with Crippen molar-refractivity contribution in [1.29, 1.82) is 5.26 Å². The molecule has 4 heteroatoms. The Morgan fingerprint density at radius 3 is 3.33 bits per heavy atom. The van der Waals surface area contributed by atoms with E-state index in [1.165, 1.54) is 0 Å². The third-order valence-electron chi connectivity index (χ3n) is 2.32. The first-order valence-electron chi connectivity index (χ1n) is 4.99. The zero-order valence-corrected chi connectivity index (χ0v) is 8.35. The number of ether oxygens (including phenoxy) is 2. The van der Waals surface area contributed by atoms with Crippen molar-refractivity contribution in [2.45, 2.75) is 18.9 Å². The maximum absolute atomic E-state index is 8.81. The molecule has 15 heavy (non-hydrogen) atoms. The number of rotatable bonds is 3. The van der Waals surface area contributed by atoms with Gasteiger partial charge in [-0.15, -0.1) is 0 Å². The molecule has 4 nitrogen and oxygen atoms in total. The van der Waals surface area contributed by atoms with E-state index in [9.17, 15) is 0 Å². The summed E-state index contributed by atoms with van der Waals surface area (Å²) in [6.45, 7) is 1.28. The third-order valence-corrected chi connectivity index (χ3v) is 2.32. The van der Waals surface area contributed by atoms with Gasteiger partial charge in [0, 0.05) is 12.8 Å². The Bertz CT molecular complexity index is 367. The van der Waals surface area contributed by atoms with E-state index in [2.05, 4.69) is 4.98 Å². The lowest BCUT2D eigenvalue weighted by molar-refractivity contribution is 0.0662. The number of hydrogen-bond donors (Lipinski definition) is 0. The van der Waals surface area contributed by atoms with Crippen LogP contribution >= 0.6 is 0 Å². The fraction of sp³-hybridized carbons (Fsp3) is 0.455. The predicted molar refractivity (Wildman–Crippen MR) is 53.4 cm³/mol. The van der Waals surface area contributed by atoms with Crippen molar-refractivity contribution in [2.75, 3.05) is 13.2 Å². The quantitative estimate of drug-likeness (QED) is 0.748. The van der Waals surface area contributed by atoms with Gasteiger partial charge in [0.15, 0.2) is 0 Å². The maximum atomic E-state index is 8.81. The van der Waals surface area contributed by atoms with E-state index in [1.54, 1.807) is 18.3 Å². The largest absolute Gasteiger partial charge is 0.474 e. The second-order valence-corrected chi connectivity index (χ2v) is 3.41. The van der Waals surface area contributed by atoms with Crippen LogP contribution in [0, 0.1) is 11.3 Å². The Morgan fingerprint density at radius 1 is 1.67 bits per heavy atom. The van der Waals surface area contributed by atoms with Gasteiger partial charge in [-0.3, -0.25) is 0 Å². The van der Waals surface area contributed by atoms with Gasteiger partial charge < -0.3 is 9.47 Å². The average molecular weight is 204 g/mol. The third kappa shape index (κ3) is 2.45. The lowest BCUT2D eigenvalue weighted by Gasteiger charge is -2.10. The van der Waals surface area contributed by atoms with Gasteiger partial charge in [-0.2, -0.15) is 5.26 Å². The number of nitrogens with zero attached hydrogens (tertiary/aromatic N) is 2. The summed E-state index contributed by atoms with van der Waals surface area (Å²) in [5.74, 6) is 0.399. The van der Waals surface area contributed by atoms with Crippen molar-refractivity contribution in [3.05, 3.63) is 23.9 Å². The molecular weight excluding hydrogens is 192 g/mol. The summed E-state index contributed by atoms with van der Waals surface area (Å²) in [5.41, 5.74) is 0.468. The fourth-order valence-electron chi connectivity index (χ4n) is 1.54. The Hall–Kier alpha value is -1.60. The number of nitriles is 1. The second-order valence-electron chi connectivity index (χ2n) is 3.41. The molecule has 2 heterocycles. The second kappa shape index (κ2) is 4.76. The number of hydrogen-bond acceptors (Lipinski definition) is 4. The standard InChI is InChI=1S/C11H12N2O2/c12-7-9-3-1-5-13-11(9)15-8-10-4-2-6-14-10/h1,3,5,10H,2,4,6,8H2/t10-/m0/s1. The summed E-state index contributed by atoms with van der Waals surface area (Å²) < 4.78 is 10.9. The van der Waals surface area contributed by atoms with Crippen LogP contribution in [0.5, 0.6) is 5.88 Å². The summed E-state index contributed by atoms with van der Waals surface area (Å²) >= 11 is 0. The van der Waals surface area contributed by atoms with Crippen LogP contribution in [0.25, 0.3) is 0 Å². The summed E-state index contributed by atoms with van der Waals surface area (Å²) in [6.07, 6.45) is 3.88. The molecule has 1 aliphatic heterocycles. The summed E-state index contributed by atoms with van der Waals surface area (Å²) in [6, 6.07) is 5.45. The van der Waals surface area contributed by atoms with Crippen LogP contribution in [0.4, 0.5) is 0 Å². The van der Waals surface area contributed by atoms with E-state index in [1.807, 2.05) is 6.07 Å². The molecule has 1 saturated heterocycles. The molecule has 1 atom stereocenters. The van der Waals surface area contributed by atoms with Crippen molar-refractivity contribution >= 4 is 0 Å². The van der Waals surface area contributed by atoms with E-state index in [0.29, 0.717) is 18.1 Å². The van der Waals surface area contributed by atoms with Crippen LogP contribution in [0.1, 0.15) is 18.4 Å². The molecule has 0 saturated carbocycles. The SMILES string of the molecule is N#Cc1cccnc1OC[C@@H]1CCCO1. The Kier molecular flexibility index (Phi) is 3.15. The van der Waals surface area contributed by atoms with Gasteiger partial charge in [0.2, 0.25) is 5.88 Å². The molecule has 0 radical (unpaired) electrons. The van der Waals surface area contributed by atoms with E-state index in [4.69, 9.17) is 14.7 Å². The van der Waals surface area contributed by atoms with Crippen molar-refractivity contribution in [2.24, 2.45) is 0 Å². The van der Waals surface area contributed by atoms with Crippen LogP contribution in [-0.4, -0.2) is 24.3 Å². The van der Waals surface area contributed by atoms with E-state index in [-0.39, 0.29) is 6.10 Å².